The highest BCUT2D eigenvalue weighted by molar-refractivity contribution is 7.89. The van der Waals surface area contributed by atoms with Gasteiger partial charge in [0.1, 0.15) is 12.4 Å². The smallest absolute Gasteiger partial charge is 0.407 e. The second kappa shape index (κ2) is 8.60. The second-order valence-electron chi connectivity index (χ2n) is 4.42. The first-order valence-corrected chi connectivity index (χ1v) is 8.52. The quantitative estimate of drug-likeness (QED) is 0.703. The third kappa shape index (κ3) is 5.53. The minimum atomic E-state index is -3.47. The maximum atomic E-state index is 11.9. The van der Waals surface area contributed by atoms with Crippen molar-refractivity contribution in [3.8, 4) is 5.75 Å². The Morgan fingerprint density at radius 2 is 2.00 bits per heavy atom. The van der Waals surface area contributed by atoms with Crippen LogP contribution in [0.25, 0.3) is 0 Å². The van der Waals surface area contributed by atoms with Gasteiger partial charge in [-0.1, -0.05) is 6.92 Å². The first-order valence-electron chi connectivity index (χ1n) is 7.04. The molecule has 0 fully saturated rings. The van der Waals surface area contributed by atoms with E-state index >= 15 is 0 Å². The monoisotopic (exact) mass is 330 g/mol. The predicted molar refractivity (Wildman–Crippen MR) is 82.6 cm³/mol. The summed E-state index contributed by atoms with van der Waals surface area (Å²) in [6.07, 6.45) is -0.491. The number of nitrogens with one attached hydrogen (secondary N) is 2. The zero-order valence-corrected chi connectivity index (χ0v) is 13.8. The van der Waals surface area contributed by atoms with Gasteiger partial charge in [-0.05, 0) is 37.6 Å². The molecule has 8 heteroatoms. The third-order valence-electron chi connectivity index (χ3n) is 2.70. The molecule has 1 aromatic carbocycles. The van der Waals surface area contributed by atoms with Crippen LogP contribution in [0.15, 0.2) is 23.1 Å². The van der Waals surface area contributed by atoms with E-state index in [-0.39, 0.29) is 11.5 Å². The SMILES string of the molecule is CCNS(=O)(=O)c1ccc(OCCNC(=O)OCC)c(C)c1. The van der Waals surface area contributed by atoms with E-state index in [1.54, 1.807) is 32.9 Å². The molecule has 0 aliphatic carbocycles. The molecule has 0 atom stereocenters. The maximum Gasteiger partial charge on any atom is 0.407 e. The number of ether oxygens (including phenoxy) is 2. The van der Waals surface area contributed by atoms with E-state index < -0.39 is 16.1 Å². The van der Waals surface area contributed by atoms with Gasteiger partial charge in [-0.2, -0.15) is 0 Å². The van der Waals surface area contributed by atoms with Gasteiger partial charge in [0, 0.05) is 6.54 Å². The Hall–Kier alpha value is -1.80. The zero-order chi connectivity index (χ0) is 16.6. The number of carbonyl (C=O) groups excluding carboxylic acids is 1. The van der Waals surface area contributed by atoms with Crippen LogP contribution in [-0.4, -0.2) is 40.8 Å². The molecule has 0 bridgehead atoms. The molecule has 1 rings (SSSR count). The van der Waals surface area contributed by atoms with E-state index in [2.05, 4.69) is 10.0 Å². The summed E-state index contributed by atoms with van der Waals surface area (Å²) < 4.78 is 36.4. The summed E-state index contributed by atoms with van der Waals surface area (Å²) in [5, 5.41) is 2.53. The van der Waals surface area contributed by atoms with E-state index in [0.29, 0.717) is 31.0 Å². The Kier molecular flexibility index (Phi) is 7.13. The van der Waals surface area contributed by atoms with Gasteiger partial charge in [0.15, 0.2) is 0 Å². The Balaban J connectivity index is 2.58. The molecule has 7 nitrogen and oxygen atoms in total. The first kappa shape index (κ1) is 18.2. The van der Waals surface area contributed by atoms with Crippen LogP contribution in [0.2, 0.25) is 0 Å². The molecule has 0 radical (unpaired) electrons. The van der Waals surface area contributed by atoms with Crippen molar-refractivity contribution < 1.29 is 22.7 Å². The van der Waals surface area contributed by atoms with Gasteiger partial charge in [-0.15, -0.1) is 0 Å². The van der Waals surface area contributed by atoms with Crippen molar-refractivity contribution in [1.82, 2.24) is 10.0 Å². The van der Waals surface area contributed by atoms with Gasteiger partial charge in [0.2, 0.25) is 10.0 Å². The van der Waals surface area contributed by atoms with Gasteiger partial charge >= 0.3 is 6.09 Å². The average molecular weight is 330 g/mol. The number of hydrogen-bond acceptors (Lipinski definition) is 5. The fraction of sp³-hybridized carbons (Fsp3) is 0.500. The lowest BCUT2D eigenvalue weighted by atomic mass is 10.2. The highest BCUT2D eigenvalue weighted by atomic mass is 32.2. The van der Waals surface area contributed by atoms with Crippen LogP contribution in [0.3, 0.4) is 0 Å². The molecule has 1 amide bonds. The number of hydrogen-bond donors (Lipinski definition) is 2. The molecular formula is C14H22N2O5S. The van der Waals surface area contributed by atoms with Crippen LogP contribution in [0.5, 0.6) is 5.75 Å². The normalized spacial score (nSPS) is 11.0. The van der Waals surface area contributed by atoms with Crippen LogP contribution in [0, 0.1) is 6.92 Å². The lowest BCUT2D eigenvalue weighted by Gasteiger charge is -2.11. The van der Waals surface area contributed by atoms with Crippen molar-refractivity contribution >= 4 is 16.1 Å². The third-order valence-corrected chi connectivity index (χ3v) is 4.24. The molecule has 0 heterocycles. The van der Waals surface area contributed by atoms with Crippen molar-refractivity contribution in [3.05, 3.63) is 23.8 Å². The average Bonchev–Trinajstić information content (AvgIpc) is 2.45. The molecule has 0 aromatic heterocycles. The van der Waals surface area contributed by atoms with Crippen LogP contribution < -0.4 is 14.8 Å². The van der Waals surface area contributed by atoms with Crippen molar-refractivity contribution in [3.63, 3.8) is 0 Å². The number of rotatable bonds is 8. The fourth-order valence-electron chi connectivity index (χ4n) is 1.72. The molecule has 0 aliphatic heterocycles. The molecule has 0 spiro atoms. The number of sulfonamides is 1. The van der Waals surface area contributed by atoms with Crippen molar-refractivity contribution in [2.45, 2.75) is 25.7 Å². The van der Waals surface area contributed by atoms with Crippen LogP contribution in [0.1, 0.15) is 19.4 Å². The van der Waals surface area contributed by atoms with Gasteiger partial charge in [0.05, 0.1) is 18.0 Å². The Labute approximate surface area is 131 Å². The summed E-state index contributed by atoms with van der Waals surface area (Å²) in [4.78, 5) is 11.3. The minimum absolute atomic E-state index is 0.198. The van der Waals surface area contributed by atoms with Gasteiger partial charge < -0.3 is 14.8 Å². The van der Waals surface area contributed by atoms with Crippen LogP contribution in [0.4, 0.5) is 4.79 Å². The van der Waals surface area contributed by atoms with E-state index in [0.717, 1.165) is 0 Å². The zero-order valence-electron chi connectivity index (χ0n) is 13.0. The number of benzene rings is 1. The largest absolute Gasteiger partial charge is 0.491 e. The molecule has 0 unspecified atom stereocenters. The highest BCUT2D eigenvalue weighted by Gasteiger charge is 2.14. The number of aryl methyl sites for hydroxylation is 1. The van der Waals surface area contributed by atoms with E-state index in [1.165, 1.54) is 6.07 Å². The lowest BCUT2D eigenvalue weighted by Crippen LogP contribution is -2.28. The van der Waals surface area contributed by atoms with E-state index in [1.807, 2.05) is 0 Å². The summed E-state index contributed by atoms with van der Waals surface area (Å²) in [6.45, 7) is 6.42. The number of amides is 1. The fourth-order valence-corrected chi connectivity index (χ4v) is 2.85. The molecule has 0 saturated carbocycles. The molecule has 22 heavy (non-hydrogen) atoms. The molecule has 124 valence electrons. The topological polar surface area (TPSA) is 93.7 Å². The summed E-state index contributed by atoms with van der Waals surface area (Å²) in [7, 11) is -3.47. The van der Waals surface area contributed by atoms with Crippen LogP contribution in [-0.2, 0) is 14.8 Å². The van der Waals surface area contributed by atoms with E-state index in [9.17, 15) is 13.2 Å². The standard InChI is InChI=1S/C14H22N2O5S/c1-4-16-22(18,19)12-6-7-13(11(3)10-12)21-9-8-15-14(17)20-5-2/h6-7,10,16H,4-5,8-9H2,1-3H3,(H,15,17). The molecule has 0 saturated heterocycles. The predicted octanol–water partition coefficient (Wildman–Crippen LogP) is 1.42. The Morgan fingerprint density at radius 3 is 2.59 bits per heavy atom. The molecule has 0 aliphatic rings. The van der Waals surface area contributed by atoms with E-state index in [4.69, 9.17) is 9.47 Å². The van der Waals surface area contributed by atoms with Gasteiger partial charge in [-0.3, -0.25) is 0 Å². The number of alkyl carbamates (subject to hydrolysis) is 1. The summed E-state index contributed by atoms with van der Waals surface area (Å²) >= 11 is 0. The maximum absolute atomic E-state index is 11.9. The van der Waals surface area contributed by atoms with Crippen molar-refractivity contribution in [1.29, 1.82) is 0 Å². The van der Waals surface area contributed by atoms with Gasteiger partial charge in [-0.25, -0.2) is 17.9 Å². The second-order valence-corrected chi connectivity index (χ2v) is 6.19. The summed E-state index contributed by atoms with van der Waals surface area (Å²) in [5.41, 5.74) is 0.704. The van der Waals surface area contributed by atoms with Crippen molar-refractivity contribution in [2.24, 2.45) is 0 Å². The van der Waals surface area contributed by atoms with Gasteiger partial charge in [0.25, 0.3) is 0 Å². The molecule has 1 aromatic rings. The molecular weight excluding hydrogens is 308 g/mol. The highest BCUT2D eigenvalue weighted by Crippen LogP contribution is 2.21. The van der Waals surface area contributed by atoms with Crippen LogP contribution >= 0.6 is 0 Å². The Bertz CT molecular complexity index is 601. The Morgan fingerprint density at radius 1 is 1.27 bits per heavy atom. The first-order chi connectivity index (χ1) is 10.4. The minimum Gasteiger partial charge on any atom is -0.491 e. The summed E-state index contributed by atoms with van der Waals surface area (Å²) in [5.74, 6) is 0.570. The lowest BCUT2D eigenvalue weighted by molar-refractivity contribution is 0.150. The summed E-state index contributed by atoms with van der Waals surface area (Å²) in [6, 6.07) is 4.63. The van der Waals surface area contributed by atoms with Crippen molar-refractivity contribution in [2.75, 3.05) is 26.3 Å². The number of carbonyl (C=O) groups is 1. The molecule has 2 N–H and O–H groups in total.